The fourth-order valence-electron chi connectivity index (χ4n) is 8.07. The predicted molar refractivity (Wildman–Crippen MR) is 216 cm³/mol. The molecule has 0 aliphatic rings. The molecule has 10 aromatic rings. The van der Waals surface area contributed by atoms with Gasteiger partial charge in [0.2, 0.25) is 0 Å². The molecule has 10 rings (SSSR count). The van der Waals surface area contributed by atoms with E-state index in [1.165, 1.54) is 98.4 Å². The molecule has 0 bridgehead atoms. The highest BCUT2D eigenvalue weighted by Gasteiger charge is 2.18. The highest BCUT2D eigenvalue weighted by molar-refractivity contribution is 6.23. The molecule has 232 valence electrons. The lowest BCUT2D eigenvalue weighted by molar-refractivity contribution is 1.63. The van der Waals surface area contributed by atoms with Gasteiger partial charge in [-0.15, -0.1) is 0 Å². The molecule has 0 amide bonds. The van der Waals surface area contributed by atoms with Crippen LogP contribution in [0, 0.1) is 0 Å². The van der Waals surface area contributed by atoms with Crippen molar-refractivity contribution in [1.82, 2.24) is 0 Å². The zero-order chi connectivity index (χ0) is 33.0. The summed E-state index contributed by atoms with van der Waals surface area (Å²) >= 11 is 0. The van der Waals surface area contributed by atoms with E-state index in [1.807, 2.05) is 0 Å². The largest absolute Gasteiger partial charge is 0.0616 e. The van der Waals surface area contributed by atoms with Crippen LogP contribution in [-0.2, 0) is 0 Å². The van der Waals surface area contributed by atoms with E-state index >= 15 is 0 Å². The van der Waals surface area contributed by atoms with Gasteiger partial charge in [0.15, 0.2) is 0 Å². The molecule has 0 atom stereocenters. The van der Waals surface area contributed by atoms with Gasteiger partial charge in [-0.05, 0) is 111 Å². The molecule has 0 unspecified atom stereocenters. The van der Waals surface area contributed by atoms with Crippen LogP contribution in [0.4, 0.5) is 0 Å². The molecule has 10 aromatic carbocycles. The Morgan fingerprint density at radius 2 is 0.520 bits per heavy atom. The zero-order valence-electron chi connectivity index (χ0n) is 27.5. The Hall–Kier alpha value is -6.50. The first-order chi connectivity index (χ1) is 24.8. The molecule has 0 aliphatic heterocycles. The maximum atomic E-state index is 2.40. The Morgan fingerprint density at radius 1 is 0.200 bits per heavy atom. The second kappa shape index (κ2) is 11.6. The van der Waals surface area contributed by atoms with Crippen molar-refractivity contribution >= 4 is 53.9 Å². The quantitative estimate of drug-likeness (QED) is 0.169. The summed E-state index contributed by atoms with van der Waals surface area (Å²) in [6, 6.07) is 71.4. The fraction of sp³-hybridized carbons (Fsp3) is 0. The summed E-state index contributed by atoms with van der Waals surface area (Å²) in [6.07, 6.45) is 0. The third-order valence-corrected chi connectivity index (χ3v) is 10.4. The first kappa shape index (κ1) is 28.5. The number of benzene rings is 10. The number of hydrogen-bond acceptors (Lipinski definition) is 0. The monoisotopic (exact) mass is 632 g/mol. The lowest BCUT2D eigenvalue weighted by Gasteiger charge is -2.19. The maximum absolute atomic E-state index is 2.40. The van der Waals surface area contributed by atoms with Crippen LogP contribution in [0.1, 0.15) is 0 Å². The summed E-state index contributed by atoms with van der Waals surface area (Å²) in [7, 11) is 0. The molecule has 0 fully saturated rings. The number of rotatable bonds is 4. The zero-order valence-corrected chi connectivity index (χ0v) is 27.5. The summed E-state index contributed by atoms with van der Waals surface area (Å²) in [6.45, 7) is 0. The van der Waals surface area contributed by atoms with Gasteiger partial charge in [0.1, 0.15) is 0 Å². The van der Waals surface area contributed by atoms with Gasteiger partial charge in [-0.3, -0.25) is 0 Å². The summed E-state index contributed by atoms with van der Waals surface area (Å²) in [5, 5.41) is 12.7. The molecule has 0 spiro atoms. The van der Waals surface area contributed by atoms with Crippen molar-refractivity contribution < 1.29 is 0 Å². The summed E-state index contributed by atoms with van der Waals surface area (Å²) in [5.41, 5.74) is 9.99. The van der Waals surface area contributed by atoms with Crippen molar-refractivity contribution in [2.45, 2.75) is 0 Å². The van der Waals surface area contributed by atoms with E-state index in [-0.39, 0.29) is 0 Å². The van der Waals surface area contributed by atoms with Crippen LogP contribution in [-0.4, -0.2) is 0 Å². The van der Waals surface area contributed by atoms with Gasteiger partial charge in [-0.1, -0.05) is 182 Å². The van der Waals surface area contributed by atoms with E-state index in [0.29, 0.717) is 0 Å². The van der Waals surface area contributed by atoms with Crippen molar-refractivity contribution in [3.63, 3.8) is 0 Å². The second-order valence-electron chi connectivity index (χ2n) is 13.2. The lowest BCUT2D eigenvalue weighted by atomic mass is 9.84. The molecular weight excluding hydrogens is 601 g/mol. The van der Waals surface area contributed by atoms with E-state index in [2.05, 4.69) is 194 Å². The summed E-state index contributed by atoms with van der Waals surface area (Å²) in [4.78, 5) is 0. The molecule has 0 radical (unpaired) electrons. The molecular formula is C50H32. The molecule has 50 heavy (non-hydrogen) atoms. The van der Waals surface area contributed by atoms with Gasteiger partial charge in [-0.25, -0.2) is 0 Å². The minimum Gasteiger partial charge on any atom is -0.0616 e. The van der Waals surface area contributed by atoms with E-state index < -0.39 is 0 Å². The van der Waals surface area contributed by atoms with Crippen molar-refractivity contribution in [2.75, 3.05) is 0 Å². The van der Waals surface area contributed by atoms with Gasteiger partial charge in [0, 0.05) is 0 Å². The number of hydrogen-bond donors (Lipinski definition) is 0. The highest BCUT2D eigenvalue weighted by atomic mass is 14.2. The Bertz CT molecular complexity index is 2680. The third-order valence-electron chi connectivity index (χ3n) is 10.4. The predicted octanol–water partition coefficient (Wildman–Crippen LogP) is 14.1. The highest BCUT2D eigenvalue weighted by Crippen LogP contribution is 2.46. The van der Waals surface area contributed by atoms with E-state index in [9.17, 15) is 0 Å². The first-order valence-electron chi connectivity index (χ1n) is 17.3. The van der Waals surface area contributed by atoms with Crippen molar-refractivity contribution in [2.24, 2.45) is 0 Å². The van der Waals surface area contributed by atoms with Gasteiger partial charge in [-0.2, -0.15) is 0 Å². The standard InChI is InChI=1S/C50H32/c1-2-14-40-32-48-47(31-39(40)13-1)49(37-27-23-35(24-28-37)43-21-9-15-33-11-3-5-17-41(33)43)45-19-7-8-20-46(45)50(48)38-29-25-36(26-30-38)44-22-10-16-34-12-4-6-18-42(34)44/h1-32H. The minimum absolute atomic E-state index is 1.23. The van der Waals surface area contributed by atoms with Crippen LogP contribution in [0.25, 0.3) is 98.4 Å². The molecule has 0 N–H and O–H groups in total. The smallest absolute Gasteiger partial charge is 0.00261 e. The third kappa shape index (κ3) is 4.61. The Labute approximate surface area is 291 Å². The molecule has 0 nitrogen and oxygen atoms in total. The van der Waals surface area contributed by atoms with E-state index in [4.69, 9.17) is 0 Å². The van der Waals surface area contributed by atoms with Gasteiger partial charge < -0.3 is 0 Å². The van der Waals surface area contributed by atoms with Crippen LogP contribution in [0.5, 0.6) is 0 Å². The Balaban J connectivity index is 1.19. The summed E-state index contributed by atoms with van der Waals surface area (Å²) in [5.74, 6) is 0. The molecule has 0 aromatic heterocycles. The van der Waals surface area contributed by atoms with Crippen LogP contribution in [0.3, 0.4) is 0 Å². The molecule has 0 saturated carbocycles. The SMILES string of the molecule is c1ccc2cc3c(-c4ccc(-c5cccc6ccccc56)cc4)c4ccccc4c(-c4ccc(-c5cccc6ccccc56)cc4)c3cc2c1. The van der Waals surface area contributed by atoms with E-state index in [0.717, 1.165) is 0 Å². The van der Waals surface area contributed by atoms with Crippen molar-refractivity contribution in [1.29, 1.82) is 0 Å². The second-order valence-corrected chi connectivity index (χ2v) is 13.2. The lowest BCUT2D eigenvalue weighted by Crippen LogP contribution is -1.92. The van der Waals surface area contributed by atoms with E-state index in [1.54, 1.807) is 0 Å². The van der Waals surface area contributed by atoms with Crippen molar-refractivity contribution in [3.8, 4) is 44.5 Å². The topological polar surface area (TPSA) is 0 Å². The van der Waals surface area contributed by atoms with Crippen LogP contribution in [0.2, 0.25) is 0 Å². The molecule has 0 aliphatic carbocycles. The minimum atomic E-state index is 1.23. The number of fused-ring (bicyclic) bond motifs is 5. The van der Waals surface area contributed by atoms with Gasteiger partial charge in [0.25, 0.3) is 0 Å². The van der Waals surface area contributed by atoms with Crippen LogP contribution in [0.15, 0.2) is 194 Å². The van der Waals surface area contributed by atoms with Crippen molar-refractivity contribution in [3.05, 3.63) is 194 Å². The normalized spacial score (nSPS) is 11.6. The molecule has 0 heteroatoms. The molecule has 0 saturated heterocycles. The Morgan fingerprint density at radius 3 is 0.940 bits per heavy atom. The average Bonchev–Trinajstić information content (AvgIpc) is 3.19. The van der Waals surface area contributed by atoms with Crippen LogP contribution >= 0.6 is 0 Å². The Kier molecular flexibility index (Phi) is 6.60. The van der Waals surface area contributed by atoms with Gasteiger partial charge in [0.05, 0.1) is 0 Å². The first-order valence-corrected chi connectivity index (χ1v) is 17.3. The maximum Gasteiger partial charge on any atom is -0.00261 e. The summed E-state index contributed by atoms with van der Waals surface area (Å²) < 4.78 is 0. The average molecular weight is 633 g/mol. The van der Waals surface area contributed by atoms with Crippen LogP contribution < -0.4 is 0 Å². The molecule has 0 heterocycles. The van der Waals surface area contributed by atoms with Gasteiger partial charge >= 0.3 is 0 Å². The fourth-order valence-corrected chi connectivity index (χ4v) is 8.07.